The molecule has 30 heavy (non-hydrogen) atoms. The molecule has 4 aliphatic rings. The molecule has 4 aliphatic heterocycles. The maximum Gasteiger partial charge on any atom is 0.362 e. The molecule has 0 aliphatic carbocycles. The first-order chi connectivity index (χ1) is 14.1. The van der Waals surface area contributed by atoms with Crippen molar-refractivity contribution < 1.29 is 34.4 Å². The topological polar surface area (TPSA) is 184 Å². The quantitative estimate of drug-likeness (QED) is 0.156. The molecule has 1 aromatic carbocycles. The molecule has 1 spiro atoms. The van der Waals surface area contributed by atoms with Crippen molar-refractivity contribution in [3.63, 3.8) is 0 Å². The van der Waals surface area contributed by atoms with Crippen LogP contribution < -0.4 is 11.5 Å². The van der Waals surface area contributed by atoms with E-state index in [4.69, 9.17) is 16.2 Å². The van der Waals surface area contributed by atoms with Gasteiger partial charge in [0.05, 0.1) is 18.7 Å². The van der Waals surface area contributed by atoms with E-state index in [1.165, 1.54) is 36.1 Å². The number of aliphatic hydroxyl groups excluding tert-OH is 1. The van der Waals surface area contributed by atoms with Crippen LogP contribution in [0.3, 0.4) is 0 Å². The summed E-state index contributed by atoms with van der Waals surface area (Å²) in [4.78, 5) is 33.9. The number of carbonyl (C=O) groups is 2. The number of guanidine groups is 2. The SMILES string of the molecule is CC(=O)c1ccc(C(=O)OC2CN3C(N)=NC(CO)C4N=C(N)[N+]5(O)C2(O)C435)cc1. The number of ketones is 1. The van der Waals surface area contributed by atoms with Crippen molar-refractivity contribution in [2.24, 2.45) is 21.5 Å². The van der Waals surface area contributed by atoms with Gasteiger partial charge in [-0.05, 0) is 23.7 Å². The van der Waals surface area contributed by atoms with Gasteiger partial charge in [-0.25, -0.2) is 15.0 Å². The lowest BCUT2D eigenvalue weighted by Crippen LogP contribution is -2.62. The predicted molar refractivity (Wildman–Crippen MR) is 100.0 cm³/mol. The van der Waals surface area contributed by atoms with Crippen molar-refractivity contribution in [3.8, 4) is 0 Å². The molecular formula is C18H21N6O6+. The summed E-state index contributed by atoms with van der Waals surface area (Å²) in [6, 6.07) is 4.19. The average Bonchev–Trinajstić information content (AvgIpc) is 2.91. The number of hydrogen-bond donors (Lipinski definition) is 5. The molecule has 6 atom stereocenters. The molecule has 0 bridgehead atoms. The van der Waals surface area contributed by atoms with Crippen LogP contribution in [0.25, 0.3) is 0 Å². The fraction of sp³-hybridized carbons (Fsp3) is 0.444. The van der Waals surface area contributed by atoms with Gasteiger partial charge in [0, 0.05) is 5.56 Å². The Morgan fingerprint density at radius 3 is 2.50 bits per heavy atom. The van der Waals surface area contributed by atoms with Crippen molar-refractivity contribution in [2.45, 2.75) is 36.5 Å². The van der Waals surface area contributed by atoms with Crippen LogP contribution in [-0.2, 0) is 4.74 Å². The van der Waals surface area contributed by atoms with Crippen molar-refractivity contribution in [1.29, 1.82) is 0 Å². The minimum atomic E-state index is -2.02. The second-order valence-corrected chi connectivity index (χ2v) is 7.90. The first-order valence-corrected chi connectivity index (χ1v) is 9.36. The summed E-state index contributed by atoms with van der Waals surface area (Å²) < 4.78 is 4.38. The fourth-order valence-electron chi connectivity index (χ4n) is 5.21. The van der Waals surface area contributed by atoms with Crippen molar-refractivity contribution in [2.75, 3.05) is 13.2 Å². The molecule has 12 heteroatoms. The molecule has 0 aromatic heterocycles. The Labute approximate surface area is 170 Å². The van der Waals surface area contributed by atoms with E-state index < -0.39 is 46.8 Å². The van der Waals surface area contributed by atoms with Gasteiger partial charge in [0.2, 0.25) is 6.10 Å². The van der Waals surface area contributed by atoms with E-state index in [1.54, 1.807) is 0 Å². The lowest BCUT2D eigenvalue weighted by atomic mass is 9.95. The lowest BCUT2D eigenvalue weighted by Gasteiger charge is -2.34. The Hall–Kier alpha value is -3.06. The number of hydrogen-bond acceptors (Lipinski definition) is 11. The van der Waals surface area contributed by atoms with Crippen LogP contribution in [0.15, 0.2) is 34.3 Å². The first kappa shape index (κ1) is 18.9. The van der Waals surface area contributed by atoms with Crippen molar-refractivity contribution in [3.05, 3.63) is 35.4 Å². The van der Waals surface area contributed by atoms with Crippen LogP contribution in [0, 0.1) is 0 Å². The third-order valence-corrected chi connectivity index (χ3v) is 6.61. The molecule has 2 fully saturated rings. The van der Waals surface area contributed by atoms with Gasteiger partial charge in [0.25, 0.3) is 0 Å². The van der Waals surface area contributed by atoms with Gasteiger partial charge in [-0.1, -0.05) is 12.1 Å². The Morgan fingerprint density at radius 2 is 1.90 bits per heavy atom. The number of quaternary nitrogens is 1. The number of nitrogens with zero attached hydrogens (tertiary/aromatic N) is 4. The van der Waals surface area contributed by atoms with Gasteiger partial charge in [0.15, 0.2) is 17.8 Å². The molecule has 1 aromatic rings. The molecule has 0 radical (unpaired) electrons. The standard InChI is InChI=1S/C18H21N6O6/c1-8(26)9-2-4-10(5-3-9)14(27)30-12-6-23-15(19)21-11(7-25)13-17(23)18(12,28)24(17,29)16(20)22-13/h2-5,11-13,25,28-29H,6-7H2,1H3,(H2,19,21)(H2,20,22)/q+1. The summed E-state index contributed by atoms with van der Waals surface area (Å²) in [6.07, 6.45) is -1.20. The highest BCUT2D eigenvalue weighted by molar-refractivity contribution is 5.96. The van der Waals surface area contributed by atoms with Gasteiger partial charge in [-0.3, -0.25) is 9.69 Å². The number of fused-ring (bicyclic) bond motifs is 1. The summed E-state index contributed by atoms with van der Waals surface area (Å²) in [6.45, 7) is 0.956. The van der Waals surface area contributed by atoms with Crippen LogP contribution in [0.1, 0.15) is 27.6 Å². The van der Waals surface area contributed by atoms with E-state index in [-0.39, 0.29) is 29.8 Å². The van der Waals surface area contributed by atoms with E-state index >= 15 is 0 Å². The summed E-state index contributed by atoms with van der Waals surface area (Å²) in [5, 5.41) is 32.4. The normalized spacial score (nSPS) is 40.3. The summed E-state index contributed by atoms with van der Waals surface area (Å²) >= 11 is 0. The molecule has 2 saturated heterocycles. The van der Waals surface area contributed by atoms with Crippen molar-refractivity contribution >= 4 is 23.7 Å². The van der Waals surface area contributed by atoms with Gasteiger partial charge < -0.3 is 26.4 Å². The van der Waals surface area contributed by atoms with Gasteiger partial charge in [-0.2, -0.15) is 4.99 Å². The van der Waals surface area contributed by atoms with Gasteiger partial charge in [-0.15, -0.1) is 0 Å². The molecule has 12 nitrogen and oxygen atoms in total. The maximum absolute atomic E-state index is 12.7. The fourth-order valence-corrected chi connectivity index (χ4v) is 5.21. The smallest absolute Gasteiger partial charge is 0.362 e. The minimum Gasteiger partial charge on any atom is -0.447 e. The largest absolute Gasteiger partial charge is 0.447 e. The van der Waals surface area contributed by atoms with Crippen LogP contribution >= 0.6 is 0 Å². The zero-order valence-corrected chi connectivity index (χ0v) is 16.0. The second-order valence-electron chi connectivity index (χ2n) is 7.90. The van der Waals surface area contributed by atoms with E-state index in [0.29, 0.717) is 5.56 Å². The third kappa shape index (κ3) is 1.77. The number of aliphatic hydroxyl groups is 2. The van der Waals surface area contributed by atoms with Crippen LogP contribution in [0.5, 0.6) is 0 Å². The predicted octanol–water partition coefficient (Wildman–Crippen LogP) is -2.28. The molecule has 158 valence electrons. The number of nitrogens with two attached hydrogens (primary N) is 2. The molecule has 4 heterocycles. The van der Waals surface area contributed by atoms with Crippen LogP contribution in [0.4, 0.5) is 0 Å². The lowest BCUT2D eigenvalue weighted by molar-refractivity contribution is -0.986. The van der Waals surface area contributed by atoms with E-state index in [9.17, 15) is 25.0 Å². The summed E-state index contributed by atoms with van der Waals surface area (Å²) in [5.41, 5.74) is 9.04. The van der Waals surface area contributed by atoms with Gasteiger partial charge >= 0.3 is 23.3 Å². The maximum atomic E-state index is 12.7. The molecule has 7 N–H and O–H groups in total. The Bertz CT molecular complexity index is 1040. The van der Waals surface area contributed by atoms with Gasteiger partial charge in [0.1, 0.15) is 6.04 Å². The number of rotatable bonds is 4. The highest BCUT2D eigenvalue weighted by Gasteiger charge is 3.10. The van der Waals surface area contributed by atoms with E-state index in [1.807, 2.05) is 0 Å². The molecule has 0 saturated carbocycles. The number of aliphatic imine (C=N–C) groups is 2. The Kier molecular flexibility index (Phi) is 3.50. The number of ether oxygens (including phenoxy) is 1. The highest BCUT2D eigenvalue weighted by Crippen LogP contribution is 2.71. The first-order valence-electron chi connectivity index (χ1n) is 9.36. The minimum absolute atomic E-state index is 0.0213. The van der Waals surface area contributed by atoms with E-state index in [2.05, 4.69) is 9.98 Å². The van der Waals surface area contributed by atoms with Crippen LogP contribution in [0.2, 0.25) is 0 Å². The third-order valence-electron chi connectivity index (χ3n) is 6.61. The average molecular weight is 417 g/mol. The highest BCUT2D eigenvalue weighted by atomic mass is 16.7. The number of hydroxylamine groups is 3. The van der Waals surface area contributed by atoms with Crippen LogP contribution in [-0.4, -0.2) is 91.4 Å². The molecular weight excluding hydrogens is 396 g/mol. The number of benzene rings is 1. The molecule has 6 unspecified atom stereocenters. The molecule has 0 amide bonds. The monoisotopic (exact) mass is 417 g/mol. The summed E-state index contributed by atoms with van der Waals surface area (Å²) in [5.74, 6) is -1.19. The van der Waals surface area contributed by atoms with Crippen molar-refractivity contribution in [1.82, 2.24) is 4.90 Å². The summed E-state index contributed by atoms with van der Waals surface area (Å²) in [7, 11) is 0. The second kappa shape index (κ2) is 5.55. The Balaban J connectivity index is 1.49. The zero-order valence-electron chi connectivity index (χ0n) is 16.0. The number of Topliss-reactive ketones (excluding diaryl/α,β-unsaturated/α-hetero) is 1. The number of carbonyl (C=O) groups excluding carboxylic acids is 2. The van der Waals surface area contributed by atoms with E-state index in [0.717, 1.165) is 0 Å². The Morgan fingerprint density at radius 1 is 1.27 bits per heavy atom. The molecule has 5 rings (SSSR count). The zero-order chi connectivity index (χ0) is 21.6. The number of esters is 1.